The molecule has 1 aliphatic rings. The van der Waals surface area contributed by atoms with E-state index in [0.29, 0.717) is 5.56 Å². The van der Waals surface area contributed by atoms with E-state index < -0.39 is 40.7 Å². The zero-order valence-corrected chi connectivity index (χ0v) is 16.2. The van der Waals surface area contributed by atoms with Gasteiger partial charge >= 0.3 is 0 Å². The maximum Gasteiger partial charge on any atom is 0.210 e. The van der Waals surface area contributed by atoms with Crippen molar-refractivity contribution in [3.05, 3.63) is 47.5 Å². The molecule has 0 radical (unpaired) electrons. The van der Waals surface area contributed by atoms with Crippen LogP contribution >= 0.6 is 0 Å². The summed E-state index contributed by atoms with van der Waals surface area (Å²) >= 11 is 0. The molecule has 0 saturated carbocycles. The van der Waals surface area contributed by atoms with Gasteiger partial charge in [0.25, 0.3) is 0 Å². The van der Waals surface area contributed by atoms with Crippen molar-refractivity contribution in [3.63, 3.8) is 0 Å². The fraction of sp³-hybridized carbons (Fsp3) is 0.286. The molecule has 8 nitrogen and oxygen atoms in total. The van der Waals surface area contributed by atoms with Gasteiger partial charge in [-0.3, -0.25) is 4.79 Å². The van der Waals surface area contributed by atoms with Gasteiger partial charge in [0.05, 0.1) is 7.11 Å². The number of aromatic hydroxyl groups is 4. The summed E-state index contributed by atoms with van der Waals surface area (Å²) in [6, 6.07) is 3.40. The zero-order chi connectivity index (χ0) is 21.7. The van der Waals surface area contributed by atoms with Gasteiger partial charge < -0.3 is 35.0 Å². The molecule has 0 fully saturated rings. The van der Waals surface area contributed by atoms with Gasteiger partial charge in [0.1, 0.15) is 29.4 Å². The molecule has 0 aliphatic carbocycles. The number of carbonyl (C=O) groups is 1. The van der Waals surface area contributed by atoms with Crippen molar-refractivity contribution in [2.24, 2.45) is 0 Å². The maximum atomic E-state index is 13.1. The Labute approximate surface area is 166 Å². The first-order valence-electron chi connectivity index (χ1n) is 8.71. The molecule has 2 aromatic rings. The van der Waals surface area contributed by atoms with E-state index in [-0.39, 0.29) is 28.4 Å². The second kappa shape index (κ2) is 6.59. The lowest BCUT2D eigenvalue weighted by Gasteiger charge is -2.34. The van der Waals surface area contributed by atoms with E-state index in [2.05, 4.69) is 6.58 Å². The number of rotatable bonds is 4. The van der Waals surface area contributed by atoms with Gasteiger partial charge in [-0.15, -0.1) is 6.58 Å². The van der Waals surface area contributed by atoms with E-state index in [1.807, 2.05) is 0 Å². The smallest absolute Gasteiger partial charge is 0.210 e. The summed E-state index contributed by atoms with van der Waals surface area (Å²) < 4.78 is 10.6. The number of methoxy groups -OCH3 is 1. The highest BCUT2D eigenvalue weighted by Crippen LogP contribution is 2.51. The second-order valence-corrected chi connectivity index (χ2v) is 7.44. The average Bonchev–Trinajstić information content (AvgIpc) is 2.66. The predicted octanol–water partition coefficient (Wildman–Crippen LogP) is 2.44. The maximum absolute atomic E-state index is 13.1. The van der Waals surface area contributed by atoms with Crippen LogP contribution in [0.5, 0.6) is 34.5 Å². The highest BCUT2D eigenvalue weighted by molar-refractivity contribution is 6.08. The minimum absolute atomic E-state index is 0.0305. The van der Waals surface area contributed by atoms with Crippen LogP contribution in [0.4, 0.5) is 0 Å². The Kier molecular flexibility index (Phi) is 4.63. The molecule has 1 atom stereocenters. The van der Waals surface area contributed by atoms with E-state index in [4.69, 9.17) is 9.47 Å². The van der Waals surface area contributed by atoms with Crippen LogP contribution < -0.4 is 9.47 Å². The van der Waals surface area contributed by atoms with Crippen LogP contribution in [0.3, 0.4) is 0 Å². The molecule has 2 aromatic carbocycles. The Morgan fingerprint density at radius 1 is 1.17 bits per heavy atom. The normalized spacial score (nSPS) is 18.7. The van der Waals surface area contributed by atoms with E-state index in [1.165, 1.54) is 13.2 Å². The first kappa shape index (κ1) is 20.3. The molecule has 3 rings (SSSR count). The summed E-state index contributed by atoms with van der Waals surface area (Å²) in [7, 11) is 1.31. The van der Waals surface area contributed by atoms with Crippen LogP contribution in [0.1, 0.15) is 35.3 Å². The van der Waals surface area contributed by atoms with Crippen molar-refractivity contribution >= 4 is 5.78 Å². The summed E-state index contributed by atoms with van der Waals surface area (Å²) in [6.07, 6.45) is 1.58. The van der Waals surface area contributed by atoms with Gasteiger partial charge in [-0.25, -0.2) is 0 Å². The van der Waals surface area contributed by atoms with Gasteiger partial charge in [0, 0.05) is 28.7 Å². The summed E-state index contributed by atoms with van der Waals surface area (Å²) in [5.41, 5.74) is -3.48. The minimum Gasteiger partial charge on any atom is -0.508 e. The molecule has 5 N–H and O–H groups in total. The third kappa shape index (κ3) is 2.92. The van der Waals surface area contributed by atoms with Crippen molar-refractivity contribution in [1.29, 1.82) is 0 Å². The number of phenols is 4. The van der Waals surface area contributed by atoms with Crippen LogP contribution in [0.15, 0.2) is 30.9 Å². The number of fused-ring (bicyclic) bond motifs is 1. The zero-order valence-electron chi connectivity index (χ0n) is 16.2. The van der Waals surface area contributed by atoms with Crippen LogP contribution in [0.25, 0.3) is 0 Å². The lowest BCUT2D eigenvalue weighted by molar-refractivity contribution is -0.00697. The number of Topliss-reactive ketones (excluding diaryl/α,β-unsaturated/α-hetero) is 1. The molecule has 8 heteroatoms. The number of phenolic OH excluding ortho intramolecular Hbond substituents is 4. The largest absolute Gasteiger partial charge is 0.508 e. The topological polar surface area (TPSA) is 137 Å². The second-order valence-electron chi connectivity index (χ2n) is 7.44. The van der Waals surface area contributed by atoms with E-state index in [9.17, 15) is 30.3 Å². The Balaban J connectivity index is 2.28. The lowest BCUT2D eigenvalue weighted by atomic mass is 9.78. The summed E-state index contributed by atoms with van der Waals surface area (Å²) in [6.45, 7) is 6.67. The van der Waals surface area contributed by atoms with E-state index in [1.54, 1.807) is 19.9 Å². The molecule has 154 valence electrons. The molecule has 1 heterocycles. The molecule has 0 bridgehead atoms. The Hall–Kier alpha value is -3.39. The van der Waals surface area contributed by atoms with Gasteiger partial charge in [0.2, 0.25) is 11.5 Å². The number of aliphatic hydroxyl groups is 1. The number of hydrogen-bond acceptors (Lipinski definition) is 8. The number of ketones is 1. The molecular weight excluding hydrogens is 380 g/mol. The van der Waals surface area contributed by atoms with Gasteiger partial charge in [0.15, 0.2) is 17.1 Å². The summed E-state index contributed by atoms with van der Waals surface area (Å²) in [5.74, 6) is -3.42. The van der Waals surface area contributed by atoms with E-state index in [0.717, 1.165) is 12.1 Å². The molecular formula is C21H22O8. The highest BCUT2D eigenvalue weighted by Gasteiger charge is 2.48. The van der Waals surface area contributed by atoms with Crippen molar-refractivity contribution < 1.29 is 39.8 Å². The lowest BCUT2D eigenvalue weighted by Crippen LogP contribution is -2.45. The third-order valence-corrected chi connectivity index (χ3v) is 5.19. The number of benzene rings is 2. The third-order valence-electron chi connectivity index (χ3n) is 5.19. The van der Waals surface area contributed by atoms with Crippen LogP contribution in [-0.2, 0) is 11.0 Å². The number of carbonyl (C=O) groups excluding carboxylic acids is 1. The molecule has 1 unspecified atom stereocenters. The quantitative estimate of drug-likeness (QED) is 0.389. The van der Waals surface area contributed by atoms with Crippen molar-refractivity contribution in [2.75, 3.05) is 13.7 Å². The number of allylic oxidation sites excluding steroid dienone is 1. The highest BCUT2D eigenvalue weighted by atomic mass is 16.5. The van der Waals surface area contributed by atoms with Crippen molar-refractivity contribution in [3.8, 4) is 34.5 Å². The number of hydrogen-bond donors (Lipinski definition) is 5. The average molecular weight is 402 g/mol. The molecule has 29 heavy (non-hydrogen) atoms. The van der Waals surface area contributed by atoms with Gasteiger partial charge in [-0.2, -0.15) is 0 Å². The summed E-state index contributed by atoms with van der Waals surface area (Å²) in [4.78, 5) is 13.1. The van der Waals surface area contributed by atoms with Crippen LogP contribution in [-0.4, -0.2) is 45.0 Å². The Morgan fingerprint density at radius 2 is 1.83 bits per heavy atom. The van der Waals surface area contributed by atoms with E-state index >= 15 is 0 Å². The van der Waals surface area contributed by atoms with Crippen molar-refractivity contribution in [1.82, 2.24) is 0 Å². The van der Waals surface area contributed by atoms with Gasteiger partial charge in [-0.1, -0.05) is 19.9 Å². The first-order chi connectivity index (χ1) is 13.5. The fourth-order valence-corrected chi connectivity index (χ4v) is 3.33. The SMILES string of the molecule is C=CC(C)(C)c1cc(C2(O)COc3cc(O)cc(O)c3C2=O)c(O)c(O)c1OC. The fourth-order valence-electron chi connectivity index (χ4n) is 3.33. The Morgan fingerprint density at radius 3 is 2.41 bits per heavy atom. The molecule has 1 aliphatic heterocycles. The molecule has 0 aromatic heterocycles. The predicted molar refractivity (Wildman–Crippen MR) is 103 cm³/mol. The molecule has 0 amide bonds. The molecule has 0 spiro atoms. The minimum atomic E-state index is -2.42. The van der Waals surface area contributed by atoms with Crippen LogP contribution in [0.2, 0.25) is 0 Å². The Bertz CT molecular complexity index is 1020. The molecule has 0 saturated heterocycles. The van der Waals surface area contributed by atoms with Crippen molar-refractivity contribution in [2.45, 2.75) is 24.9 Å². The van der Waals surface area contributed by atoms with Gasteiger partial charge in [-0.05, 0) is 6.07 Å². The first-order valence-corrected chi connectivity index (χ1v) is 8.71. The summed E-state index contributed by atoms with van der Waals surface area (Å²) in [5, 5.41) is 51.9. The number of ether oxygens (including phenoxy) is 2. The van der Waals surface area contributed by atoms with Crippen LogP contribution in [0, 0.1) is 0 Å². The standard InChI is InChI=1S/C21H22O8/c1-5-20(2,3)12-8-11(16(24)17(25)18(12)28-4)21(27)9-29-14-7-10(22)6-13(23)15(14)19(21)26/h5-8,22-25,27H,1,9H2,2-4H3. The monoisotopic (exact) mass is 402 g/mol.